The number of rotatable bonds is 9. The van der Waals surface area contributed by atoms with Crippen LogP contribution in [0.3, 0.4) is 0 Å². The van der Waals surface area contributed by atoms with Gasteiger partial charge in [-0.15, -0.1) is 10.2 Å². The minimum Gasteiger partial charge on any atom is -0.485 e. The molecule has 168 valence electrons. The number of nitro benzene ring substituents is 1. The van der Waals surface area contributed by atoms with Gasteiger partial charge in [0.1, 0.15) is 17.4 Å². The van der Waals surface area contributed by atoms with E-state index < -0.39 is 4.92 Å². The molecule has 11 heteroatoms. The van der Waals surface area contributed by atoms with Crippen LogP contribution in [-0.2, 0) is 17.9 Å². The summed E-state index contributed by atoms with van der Waals surface area (Å²) in [6, 6.07) is 10.1. The minimum absolute atomic E-state index is 0.00836. The first-order chi connectivity index (χ1) is 15.3. The lowest BCUT2D eigenvalue weighted by Crippen LogP contribution is -2.15. The van der Waals surface area contributed by atoms with Gasteiger partial charge in [-0.05, 0) is 50.1 Å². The molecular weight excluding hydrogens is 454 g/mol. The van der Waals surface area contributed by atoms with Crippen molar-refractivity contribution < 1.29 is 14.5 Å². The van der Waals surface area contributed by atoms with Gasteiger partial charge in [-0.3, -0.25) is 14.9 Å². The van der Waals surface area contributed by atoms with Crippen molar-refractivity contribution in [2.45, 2.75) is 39.1 Å². The largest absolute Gasteiger partial charge is 0.485 e. The number of thioether (sulfide) groups is 1. The lowest BCUT2D eigenvalue weighted by molar-refractivity contribution is -0.384. The van der Waals surface area contributed by atoms with E-state index in [-0.39, 0.29) is 29.0 Å². The third-order valence-electron chi connectivity index (χ3n) is 4.57. The van der Waals surface area contributed by atoms with Crippen molar-refractivity contribution in [1.82, 2.24) is 14.8 Å². The zero-order valence-electron chi connectivity index (χ0n) is 17.8. The Morgan fingerprint density at radius 3 is 2.75 bits per heavy atom. The van der Waals surface area contributed by atoms with Gasteiger partial charge in [0.25, 0.3) is 5.69 Å². The van der Waals surface area contributed by atoms with Crippen molar-refractivity contribution in [2.24, 2.45) is 0 Å². The van der Waals surface area contributed by atoms with Crippen LogP contribution in [0.4, 0.5) is 11.4 Å². The van der Waals surface area contributed by atoms with Crippen molar-refractivity contribution in [1.29, 1.82) is 0 Å². The summed E-state index contributed by atoms with van der Waals surface area (Å²) in [5.74, 6) is 1.18. The van der Waals surface area contributed by atoms with Crippen molar-refractivity contribution in [3.05, 3.63) is 68.5 Å². The van der Waals surface area contributed by atoms with Crippen molar-refractivity contribution in [2.75, 3.05) is 11.1 Å². The fourth-order valence-electron chi connectivity index (χ4n) is 2.91. The molecule has 32 heavy (non-hydrogen) atoms. The van der Waals surface area contributed by atoms with E-state index in [1.807, 2.05) is 43.5 Å². The highest BCUT2D eigenvalue weighted by Gasteiger charge is 2.16. The highest BCUT2D eigenvalue weighted by Crippen LogP contribution is 2.28. The van der Waals surface area contributed by atoms with Crippen LogP contribution in [0.25, 0.3) is 0 Å². The Balaban J connectivity index is 1.61. The number of benzene rings is 2. The third-order valence-corrected chi connectivity index (χ3v) is 5.86. The molecule has 2 aromatic carbocycles. The van der Waals surface area contributed by atoms with Gasteiger partial charge >= 0.3 is 0 Å². The zero-order valence-corrected chi connectivity index (χ0v) is 19.4. The second-order valence-corrected chi connectivity index (χ2v) is 8.31. The molecule has 0 atom stereocenters. The van der Waals surface area contributed by atoms with Crippen LogP contribution in [0, 0.1) is 24.0 Å². The number of carbonyl (C=O) groups excluding carboxylic acids is 1. The summed E-state index contributed by atoms with van der Waals surface area (Å²) < 4.78 is 7.81. The van der Waals surface area contributed by atoms with Crippen LogP contribution in [0.15, 0.2) is 41.6 Å². The Kier molecular flexibility index (Phi) is 7.70. The molecule has 0 unspecified atom stereocenters. The molecule has 0 fully saturated rings. The number of nitro groups is 1. The second-order valence-electron chi connectivity index (χ2n) is 6.96. The van der Waals surface area contributed by atoms with Gasteiger partial charge in [-0.2, -0.15) is 0 Å². The van der Waals surface area contributed by atoms with E-state index in [9.17, 15) is 14.9 Å². The highest BCUT2D eigenvalue weighted by atomic mass is 35.5. The monoisotopic (exact) mass is 475 g/mol. The van der Waals surface area contributed by atoms with E-state index in [2.05, 4.69) is 15.5 Å². The van der Waals surface area contributed by atoms with Gasteiger partial charge in [0.15, 0.2) is 11.0 Å². The molecule has 1 N–H and O–H groups in total. The molecule has 0 radical (unpaired) electrons. The highest BCUT2D eigenvalue weighted by molar-refractivity contribution is 7.99. The number of halogens is 1. The number of nitrogens with zero attached hydrogens (tertiary/aromatic N) is 4. The number of carbonyl (C=O) groups is 1. The first-order valence-electron chi connectivity index (χ1n) is 9.77. The first-order valence-corrected chi connectivity index (χ1v) is 11.1. The summed E-state index contributed by atoms with van der Waals surface area (Å²) in [6.07, 6.45) is 0. The number of ether oxygens (including phenoxy) is 1. The second kappa shape index (κ2) is 10.5. The summed E-state index contributed by atoms with van der Waals surface area (Å²) in [5.41, 5.74) is 2.17. The van der Waals surface area contributed by atoms with Gasteiger partial charge in [-0.1, -0.05) is 35.5 Å². The Morgan fingerprint density at radius 1 is 1.25 bits per heavy atom. The molecule has 3 rings (SSSR count). The Bertz CT molecular complexity index is 1150. The van der Waals surface area contributed by atoms with Crippen LogP contribution >= 0.6 is 23.4 Å². The normalized spacial score (nSPS) is 10.8. The van der Waals surface area contributed by atoms with Crippen molar-refractivity contribution in [3.63, 3.8) is 0 Å². The number of hydrogen-bond donors (Lipinski definition) is 1. The van der Waals surface area contributed by atoms with Crippen LogP contribution in [0.2, 0.25) is 5.02 Å². The third kappa shape index (κ3) is 5.77. The van der Waals surface area contributed by atoms with Crippen LogP contribution in [0.5, 0.6) is 5.75 Å². The lowest BCUT2D eigenvalue weighted by Gasteiger charge is -2.11. The average molecular weight is 476 g/mol. The van der Waals surface area contributed by atoms with Gasteiger partial charge in [0.2, 0.25) is 5.91 Å². The maximum absolute atomic E-state index is 12.3. The van der Waals surface area contributed by atoms with E-state index in [1.54, 1.807) is 0 Å². The molecule has 0 aliphatic carbocycles. The fraction of sp³-hybridized carbons (Fsp3) is 0.286. The van der Waals surface area contributed by atoms with E-state index in [0.29, 0.717) is 23.2 Å². The van der Waals surface area contributed by atoms with Crippen molar-refractivity contribution >= 4 is 40.6 Å². The predicted molar refractivity (Wildman–Crippen MR) is 123 cm³/mol. The van der Waals surface area contributed by atoms with Crippen LogP contribution in [0.1, 0.15) is 23.9 Å². The lowest BCUT2D eigenvalue weighted by atomic mass is 10.1. The minimum atomic E-state index is -0.599. The van der Waals surface area contributed by atoms with Gasteiger partial charge in [0, 0.05) is 18.3 Å². The number of aryl methyl sites for hydroxylation is 2. The predicted octanol–water partition coefficient (Wildman–Crippen LogP) is 4.79. The summed E-state index contributed by atoms with van der Waals surface area (Å²) in [4.78, 5) is 22.7. The fourth-order valence-corrected chi connectivity index (χ4v) is 3.92. The molecule has 3 aromatic rings. The molecule has 0 aliphatic heterocycles. The topological polar surface area (TPSA) is 112 Å². The number of aromatic nitrogens is 3. The number of nitrogens with one attached hydrogen (secondary N) is 1. The summed E-state index contributed by atoms with van der Waals surface area (Å²) in [6.45, 7) is 6.82. The molecule has 1 aromatic heterocycles. The molecule has 0 aliphatic rings. The number of hydrogen-bond acceptors (Lipinski definition) is 7. The summed E-state index contributed by atoms with van der Waals surface area (Å²) in [5, 5.41) is 22.6. The SMILES string of the molecule is CCn1c(COc2cc(C)ccc2C)nnc1SCC(=O)Nc1ccc(Cl)c([N+](=O)[O-])c1. The smallest absolute Gasteiger partial charge is 0.289 e. The molecule has 9 nitrogen and oxygen atoms in total. The van der Waals surface area contributed by atoms with Gasteiger partial charge in [-0.25, -0.2) is 0 Å². The summed E-state index contributed by atoms with van der Waals surface area (Å²) >= 11 is 7.02. The standard InChI is InChI=1S/C21H22ClN5O4S/c1-4-26-19(11-31-18-9-13(2)5-6-14(18)3)24-25-21(26)32-12-20(28)23-15-7-8-16(22)17(10-15)27(29)30/h5-10H,4,11-12H2,1-3H3,(H,23,28). The molecule has 0 bridgehead atoms. The molecular formula is C21H22ClN5O4S. The van der Waals surface area contributed by atoms with E-state index in [0.717, 1.165) is 16.9 Å². The maximum atomic E-state index is 12.3. The first kappa shape index (κ1) is 23.6. The van der Waals surface area contributed by atoms with E-state index in [4.69, 9.17) is 16.3 Å². The van der Waals surface area contributed by atoms with E-state index in [1.165, 1.54) is 30.0 Å². The molecule has 0 saturated carbocycles. The maximum Gasteiger partial charge on any atom is 0.289 e. The van der Waals surface area contributed by atoms with Gasteiger partial charge in [0.05, 0.1) is 10.7 Å². The van der Waals surface area contributed by atoms with Crippen LogP contribution < -0.4 is 10.1 Å². The summed E-state index contributed by atoms with van der Waals surface area (Å²) in [7, 11) is 0. The van der Waals surface area contributed by atoms with Crippen molar-refractivity contribution in [3.8, 4) is 5.75 Å². The molecule has 0 spiro atoms. The quantitative estimate of drug-likeness (QED) is 0.269. The molecule has 0 saturated heterocycles. The zero-order chi connectivity index (χ0) is 23.3. The van der Waals surface area contributed by atoms with Crippen LogP contribution in [-0.4, -0.2) is 31.3 Å². The Hall–Kier alpha value is -3.11. The average Bonchev–Trinajstić information content (AvgIpc) is 3.15. The number of amides is 1. The molecule has 1 heterocycles. The Labute approximate surface area is 194 Å². The Morgan fingerprint density at radius 2 is 2.03 bits per heavy atom. The number of anilines is 1. The van der Waals surface area contributed by atoms with E-state index >= 15 is 0 Å². The molecule has 1 amide bonds. The van der Waals surface area contributed by atoms with Gasteiger partial charge < -0.3 is 14.6 Å².